The second kappa shape index (κ2) is 7.66. The van der Waals surface area contributed by atoms with Gasteiger partial charge in [-0.1, -0.05) is 0 Å². The van der Waals surface area contributed by atoms with Gasteiger partial charge in [0.25, 0.3) is 0 Å². The van der Waals surface area contributed by atoms with Crippen LogP contribution in [0.25, 0.3) is 0 Å². The van der Waals surface area contributed by atoms with Crippen LogP contribution in [0.4, 0.5) is 4.79 Å². The van der Waals surface area contributed by atoms with Crippen LogP contribution in [-0.2, 0) is 0 Å². The van der Waals surface area contributed by atoms with Gasteiger partial charge in [-0.25, -0.2) is 4.79 Å². The maximum Gasteiger partial charge on any atom is 0.317 e. The number of nitrogens with one attached hydrogen (secondary N) is 1. The van der Waals surface area contributed by atoms with Gasteiger partial charge in [0.1, 0.15) is 0 Å². The molecule has 1 N–H and O–H groups in total. The number of nitrogens with zero attached hydrogens (tertiary/aromatic N) is 1. The molecule has 0 saturated heterocycles. The lowest BCUT2D eigenvalue weighted by atomic mass is 10.5. The molecule has 0 saturated carbocycles. The minimum atomic E-state index is 0. The summed E-state index contributed by atoms with van der Waals surface area (Å²) in [5.41, 5.74) is 0. The Hall–Kier alpha value is -0.440. The van der Waals surface area contributed by atoms with Crippen LogP contribution in [0.1, 0.15) is 20.8 Å². The molecule has 0 bridgehead atoms. The summed E-state index contributed by atoms with van der Waals surface area (Å²) in [6, 6.07) is 0.0347. The second-order valence-corrected chi connectivity index (χ2v) is 2.01. The highest BCUT2D eigenvalue weighted by molar-refractivity contribution is 5.85. The minimum absolute atomic E-state index is 0. The standard InChI is InChI=1S/C7H16N2O.ClH/c1-4-8-7(10)9(5-2)6-3;/h4-6H2,1-3H3,(H,8,10);1H. The van der Waals surface area contributed by atoms with E-state index < -0.39 is 0 Å². The number of amides is 2. The van der Waals surface area contributed by atoms with E-state index in [1.54, 1.807) is 4.90 Å². The first kappa shape index (κ1) is 13.2. The molecular formula is C7H17ClN2O. The summed E-state index contributed by atoms with van der Waals surface area (Å²) in [5.74, 6) is 0. The van der Waals surface area contributed by atoms with Crippen LogP contribution in [0.3, 0.4) is 0 Å². The van der Waals surface area contributed by atoms with Crippen LogP contribution >= 0.6 is 12.4 Å². The molecule has 0 aromatic heterocycles. The Morgan fingerprint density at radius 1 is 1.27 bits per heavy atom. The molecule has 11 heavy (non-hydrogen) atoms. The molecule has 0 spiro atoms. The molecule has 0 radical (unpaired) electrons. The summed E-state index contributed by atoms with van der Waals surface area (Å²) in [5, 5.41) is 2.73. The van der Waals surface area contributed by atoms with Gasteiger partial charge in [0.2, 0.25) is 0 Å². The average molecular weight is 181 g/mol. The SMILES string of the molecule is CCNC(=O)N(CC)CC.Cl. The van der Waals surface area contributed by atoms with E-state index in [0.29, 0.717) is 6.54 Å². The Morgan fingerprint density at radius 2 is 1.73 bits per heavy atom. The highest BCUT2D eigenvalue weighted by Gasteiger charge is 2.05. The normalized spacial score (nSPS) is 8.27. The lowest BCUT2D eigenvalue weighted by Gasteiger charge is -2.18. The van der Waals surface area contributed by atoms with Crippen molar-refractivity contribution in [1.29, 1.82) is 0 Å². The summed E-state index contributed by atoms with van der Waals surface area (Å²) in [6.45, 7) is 8.12. The zero-order valence-electron chi connectivity index (χ0n) is 7.39. The minimum Gasteiger partial charge on any atom is -0.338 e. The summed E-state index contributed by atoms with van der Waals surface area (Å²) in [6.07, 6.45) is 0. The highest BCUT2D eigenvalue weighted by Crippen LogP contribution is 1.86. The predicted octanol–water partition coefficient (Wildman–Crippen LogP) is 1.48. The fourth-order valence-electron chi connectivity index (χ4n) is 0.774. The lowest BCUT2D eigenvalue weighted by Crippen LogP contribution is -2.39. The molecule has 3 nitrogen and oxygen atoms in total. The largest absolute Gasteiger partial charge is 0.338 e. The van der Waals surface area contributed by atoms with Crippen molar-refractivity contribution >= 4 is 18.4 Å². The summed E-state index contributed by atoms with van der Waals surface area (Å²) < 4.78 is 0. The van der Waals surface area contributed by atoms with Crippen LogP contribution in [-0.4, -0.2) is 30.6 Å². The van der Waals surface area contributed by atoms with Crippen molar-refractivity contribution in [3.8, 4) is 0 Å². The lowest BCUT2D eigenvalue weighted by molar-refractivity contribution is 0.204. The Balaban J connectivity index is 0. The number of rotatable bonds is 3. The van der Waals surface area contributed by atoms with E-state index in [-0.39, 0.29) is 18.4 Å². The van der Waals surface area contributed by atoms with Crippen molar-refractivity contribution in [3.63, 3.8) is 0 Å². The van der Waals surface area contributed by atoms with Crippen LogP contribution in [0.5, 0.6) is 0 Å². The Morgan fingerprint density at radius 3 is 2.00 bits per heavy atom. The maximum absolute atomic E-state index is 11.0. The van der Waals surface area contributed by atoms with Crippen molar-refractivity contribution in [2.24, 2.45) is 0 Å². The molecule has 68 valence electrons. The maximum atomic E-state index is 11.0. The van der Waals surface area contributed by atoms with Gasteiger partial charge in [-0.3, -0.25) is 0 Å². The molecule has 0 aliphatic rings. The number of halogens is 1. The Kier molecular flexibility index (Phi) is 9.18. The van der Waals surface area contributed by atoms with Gasteiger partial charge in [0, 0.05) is 19.6 Å². The van der Waals surface area contributed by atoms with Gasteiger partial charge in [-0.15, -0.1) is 12.4 Å². The molecule has 0 rings (SSSR count). The molecular weight excluding hydrogens is 164 g/mol. The highest BCUT2D eigenvalue weighted by atomic mass is 35.5. The molecule has 4 heteroatoms. The zero-order chi connectivity index (χ0) is 7.98. The van der Waals surface area contributed by atoms with E-state index in [0.717, 1.165) is 13.1 Å². The summed E-state index contributed by atoms with van der Waals surface area (Å²) in [4.78, 5) is 12.8. The number of carbonyl (C=O) groups excluding carboxylic acids is 1. The second-order valence-electron chi connectivity index (χ2n) is 2.01. The number of hydrogen-bond acceptors (Lipinski definition) is 1. The third kappa shape index (κ3) is 4.90. The quantitative estimate of drug-likeness (QED) is 0.701. The van der Waals surface area contributed by atoms with Crippen molar-refractivity contribution < 1.29 is 4.79 Å². The van der Waals surface area contributed by atoms with Crippen LogP contribution in [0, 0.1) is 0 Å². The van der Waals surface area contributed by atoms with Crippen LogP contribution in [0.2, 0.25) is 0 Å². The molecule has 0 fully saturated rings. The van der Waals surface area contributed by atoms with E-state index in [2.05, 4.69) is 5.32 Å². The molecule has 0 heterocycles. The van der Waals surface area contributed by atoms with Gasteiger partial charge in [-0.05, 0) is 20.8 Å². The van der Waals surface area contributed by atoms with Crippen molar-refractivity contribution in [3.05, 3.63) is 0 Å². The zero-order valence-corrected chi connectivity index (χ0v) is 8.20. The fraction of sp³-hybridized carbons (Fsp3) is 0.857. The van der Waals surface area contributed by atoms with E-state index in [1.165, 1.54) is 0 Å². The Bertz CT molecular complexity index is 105. The van der Waals surface area contributed by atoms with Crippen LogP contribution in [0.15, 0.2) is 0 Å². The van der Waals surface area contributed by atoms with Crippen molar-refractivity contribution in [2.75, 3.05) is 19.6 Å². The van der Waals surface area contributed by atoms with Gasteiger partial charge >= 0.3 is 6.03 Å². The molecule has 0 aromatic carbocycles. The topological polar surface area (TPSA) is 32.3 Å². The van der Waals surface area contributed by atoms with Gasteiger partial charge in [0.15, 0.2) is 0 Å². The third-order valence-corrected chi connectivity index (χ3v) is 1.38. The molecule has 0 aromatic rings. The van der Waals surface area contributed by atoms with E-state index in [1.807, 2.05) is 20.8 Å². The molecule has 0 atom stereocenters. The van der Waals surface area contributed by atoms with E-state index in [9.17, 15) is 4.79 Å². The van der Waals surface area contributed by atoms with E-state index >= 15 is 0 Å². The number of carbonyl (C=O) groups is 1. The summed E-state index contributed by atoms with van der Waals surface area (Å²) in [7, 11) is 0. The first-order valence-corrected chi connectivity index (χ1v) is 3.79. The predicted molar refractivity (Wildman–Crippen MR) is 49.2 cm³/mol. The molecule has 2 amide bonds. The monoisotopic (exact) mass is 180 g/mol. The number of urea groups is 1. The first-order valence-electron chi connectivity index (χ1n) is 3.79. The van der Waals surface area contributed by atoms with E-state index in [4.69, 9.17) is 0 Å². The third-order valence-electron chi connectivity index (χ3n) is 1.38. The molecule has 0 aliphatic heterocycles. The van der Waals surface area contributed by atoms with Crippen molar-refractivity contribution in [2.45, 2.75) is 20.8 Å². The number of hydrogen-bond donors (Lipinski definition) is 1. The average Bonchev–Trinajstić information content (AvgIpc) is 1.91. The van der Waals surface area contributed by atoms with Gasteiger partial charge in [0.05, 0.1) is 0 Å². The summed E-state index contributed by atoms with van der Waals surface area (Å²) >= 11 is 0. The smallest absolute Gasteiger partial charge is 0.317 e. The fourth-order valence-corrected chi connectivity index (χ4v) is 0.774. The van der Waals surface area contributed by atoms with Crippen LogP contribution < -0.4 is 5.32 Å². The van der Waals surface area contributed by atoms with Gasteiger partial charge in [-0.2, -0.15) is 0 Å². The van der Waals surface area contributed by atoms with Gasteiger partial charge < -0.3 is 10.2 Å². The molecule has 0 unspecified atom stereocenters. The first-order chi connectivity index (χ1) is 4.76. The molecule has 0 aliphatic carbocycles. The van der Waals surface area contributed by atoms with Crippen molar-refractivity contribution in [1.82, 2.24) is 10.2 Å². The Labute approximate surface area is 74.6 Å².